The normalized spacial score (nSPS) is 9.43. The molecular formula is C6H13S. The summed E-state index contributed by atoms with van der Waals surface area (Å²) < 4.78 is 0. The quantitative estimate of drug-likeness (QED) is 0.424. The molecule has 0 aliphatic carbocycles. The van der Waals surface area contributed by atoms with Gasteiger partial charge in [-0.25, -0.2) is 0 Å². The summed E-state index contributed by atoms with van der Waals surface area (Å²) in [5.41, 5.74) is 0. The first-order valence-corrected chi connectivity index (χ1v) is 3.43. The van der Waals surface area contributed by atoms with E-state index in [0.717, 1.165) is 5.75 Å². The molecule has 0 heterocycles. The van der Waals surface area contributed by atoms with Gasteiger partial charge in [-0.1, -0.05) is 19.8 Å². The van der Waals surface area contributed by atoms with Gasteiger partial charge in [0.25, 0.3) is 0 Å². The van der Waals surface area contributed by atoms with Gasteiger partial charge in [-0.3, -0.25) is 0 Å². The van der Waals surface area contributed by atoms with Crippen LogP contribution in [-0.2, 0) is 0 Å². The smallest absolute Gasteiger partial charge is 0.00979 e. The van der Waals surface area contributed by atoms with Gasteiger partial charge in [0.1, 0.15) is 0 Å². The zero-order chi connectivity index (χ0) is 5.54. The van der Waals surface area contributed by atoms with Crippen molar-refractivity contribution < 1.29 is 0 Å². The largest absolute Gasteiger partial charge is 0.179 e. The van der Waals surface area contributed by atoms with E-state index in [0.29, 0.717) is 0 Å². The van der Waals surface area contributed by atoms with E-state index >= 15 is 0 Å². The monoisotopic (exact) mass is 117 g/mol. The summed E-state index contributed by atoms with van der Waals surface area (Å²) in [6.07, 6.45) is 6.01. The fraction of sp³-hybridized carbons (Fsp3) is 0.833. The molecule has 0 N–H and O–H groups in total. The molecule has 0 amide bonds. The van der Waals surface area contributed by atoms with Gasteiger partial charge in [-0.05, 0) is 18.6 Å². The van der Waals surface area contributed by atoms with Gasteiger partial charge in [0.05, 0.1) is 0 Å². The van der Waals surface area contributed by atoms with E-state index in [1.807, 2.05) is 0 Å². The molecule has 0 saturated heterocycles. The lowest BCUT2D eigenvalue weighted by molar-refractivity contribution is 0.792. The van der Waals surface area contributed by atoms with Crippen molar-refractivity contribution in [2.45, 2.75) is 26.2 Å². The molecule has 0 rings (SSSR count). The molecule has 0 nitrogen and oxygen atoms in total. The summed E-state index contributed by atoms with van der Waals surface area (Å²) in [5.74, 6) is 1.04. The number of thiol groups is 1. The van der Waals surface area contributed by atoms with E-state index < -0.39 is 0 Å². The van der Waals surface area contributed by atoms with Gasteiger partial charge in [0, 0.05) is 0 Å². The molecule has 0 aromatic carbocycles. The highest BCUT2D eigenvalue weighted by atomic mass is 32.1. The fourth-order valence-corrected chi connectivity index (χ4v) is 0.684. The predicted octanol–water partition coefficient (Wildman–Crippen LogP) is 2.31. The molecule has 1 radical (unpaired) electrons. The topological polar surface area (TPSA) is 0 Å². The predicted molar refractivity (Wildman–Crippen MR) is 37.7 cm³/mol. The van der Waals surface area contributed by atoms with Crippen LogP contribution in [0, 0.1) is 6.42 Å². The number of rotatable bonds is 4. The molecule has 0 aromatic heterocycles. The van der Waals surface area contributed by atoms with Gasteiger partial charge in [0.15, 0.2) is 0 Å². The maximum atomic E-state index is 4.08. The average Bonchev–Trinajstić information content (AvgIpc) is 1.69. The molecule has 0 aliphatic heterocycles. The minimum absolute atomic E-state index is 1.04. The van der Waals surface area contributed by atoms with Gasteiger partial charge in [-0.2, -0.15) is 12.6 Å². The Kier molecular flexibility index (Phi) is 6.67. The van der Waals surface area contributed by atoms with Crippen LogP contribution in [0.15, 0.2) is 0 Å². The van der Waals surface area contributed by atoms with Crippen molar-refractivity contribution in [2.75, 3.05) is 5.75 Å². The molecule has 0 spiro atoms. The first-order valence-electron chi connectivity index (χ1n) is 2.80. The van der Waals surface area contributed by atoms with Crippen LogP contribution in [0.1, 0.15) is 26.2 Å². The highest BCUT2D eigenvalue weighted by Crippen LogP contribution is 1.97. The molecular weight excluding hydrogens is 104 g/mol. The average molecular weight is 117 g/mol. The first kappa shape index (κ1) is 7.35. The second-order valence-electron chi connectivity index (χ2n) is 1.63. The van der Waals surface area contributed by atoms with Gasteiger partial charge < -0.3 is 0 Å². The molecule has 0 unspecified atom stereocenters. The third-order valence-electron chi connectivity index (χ3n) is 0.901. The summed E-state index contributed by atoms with van der Waals surface area (Å²) in [6, 6.07) is 0. The van der Waals surface area contributed by atoms with E-state index in [-0.39, 0.29) is 0 Å². The Morgan fingerprint density at radius 1 is 1.43 bits per heavy atom. The molecule has 7 heavy (non-hydrogen) atoms. The van der Waals surface area contributed by atoms with Crippen molar-refractivity contribution in [3.63, 3.8) is 0 Å². The van der Waals surface area contributed by atoms with Crippen molar-refractivity contribution >= 4 is 12.6 Å². The number of unbranched alkanes of at least 4 members (excludes halogenated alkanes) is 3. The minimum atomic E-state index is 1.04. The van der Waals surface area contributed by atoms with Crippen molar-refractivity contribution in [2.24, 2.45) is 0 Å². The Labute approximate surface area is 51.7 Å². The molecule has 0 aliphatic rings. The standard InChI is InChI=1S/C6H13S/c1-2-3-4-5-6-7/h2,7H,3-6H2,1H3. The fourth-order valence-electron chi connectivity index (χ4n) is 0.460. The van der Waals surface area contributed by atoms with E-state index in [1.165, 1.54) is 19.3 Å². The lowest BCUT2D eigenvalue weighted by atomic mass is 10.2. The summed E-state index contributed by atoms with van der Waals surface area (Å²) in [5, 5.41) is 0. The van der Waals surface area contributed by atoms with E-state index in [1.54, 1.807) is 0 Å². The highest BCUT2D eigenvalue weighted by Gasteiger charge is 1.80. The molecule has 1 heteroatoms. The van der Waals surface area contributed by atoms with Crippen LogP contribution in [-0.4, -0.2) is 5.75 Å². The second kappa shape index (κ2) is 6.35. The van der Waals surface area contributed by atoms with E-state index in [4.69, 9.17) is 0 Å². The third-order valence-corrected chi connectivity index (χ3v) is 1.22. The lowest BCUT2D eigenvalue weighted by Gasteiger charge is -1.90. The van der Waals surface area contributed by atoms with Crippen molar-refractivity contribution in [3.05, 3.63) is 6.42 Å². The Balaban J connectivity index is 2.45. The molecule has 0 bridgehead atoms. The van der Waals surface area contributed by atoms with Crippen LogP contribution in [0.25, 0.3) is 0 Å². The molecule has 0 atom stereocenters. The Morgan fingerprint density at radius 3 is 2.57 bits per heavy atom. The molecule has 0 aromatic rings. The zero-order valence-electron chi connectivity index (χ0n) is 4.85. The summed E-state index contributed by atoms with van der Waals surface area (Å²) in [6.45, 7) is 2.10. The Bertz CT molecular complexity index is 23.4. The maximum Gasteiger partial charge on any atom is -0.00979 e. The molecule has 0 saturated carbocycles. The van der Waals surface area contributed by atoms with Crippen molar-refractivity contribution in [3.8, 4) is 0 Å². The summed E-state index contributed by atoms with van der Waals surface area (Å²) in [7, 11) is 0. The van der Waals surface area contributed by atoms with Gasteiger partial charge in [-0.15, -0.1) is 0 Å². The molecule has 0 fully saturated rings. The Hall–Kier alpha value is 0.350. The van der Waals surface area contributed by atoms with Crippen LogP contribution in [0.4, 0.5) is 0 Å². The van der Waals surface area contributed by atoms with Crippen molar-refractivity contribution in [1.29, 1.82) is 0 Å². The van der Waals surface area contributed by atoms with Crippen LogP contribution in [0.5, 0.6) is 0 Å². The number of hydrogen-bond acceptors (Lipinski definition) is 1. The number of hydrogen-bond donors (Lipinski definition) is 1. The summed E-state index contributed by atoms with van der Waals surface area (Å²) >= 11 is 4.08. The Morgan fingerprint density at radius 2 is 2.14 bits per heavy atom. The highest BCUT2D eigenvalue weighted by molar-refractivity contribution is 7.80. The zero-order valence-corrected chi connectivity index (χ0v) is 5.75. The van der Waals surface area contributed by atoms with Crippen LogP contribution in [0.3, 0.4) is 0 Å². The van der Waals surface area contributed by atoms with Crippen LogP contribution < -0.4 is 0 Å². The van der Waals surface area contributed by atoms with E-state index in [9.17, 15) is 0 Å². The minimum Gasteiger partial charge on any atom is -0.179 e. The second-order valence-corrected chi connectivity index (χ2v) is 2.07. The maximum absolute atomic E-state index is 4.08. The third kappa shape index (κ3) is 6.35. The molecule has 43 valence electrons. The van der Waals surface area contributed by atoms with Gasteiger partial charge >= 0.3 is 0 Å². The SMILES string of the molecule is C[CH]CCCCS. The first-order chi connectivity index (χ1) is 3.41. The summed E-state index contributed by atoms with van der Waals surface area (Å²) in [4.78, 5) is 0. The van der Waals surface area contributed by atoms with Crippen molar-refractivity contribution in [1.82, 2.24) is 0 Å². The van der Waals surface area contributed by atoms with Crippen LogP contribution in [0.2, 0.25) is 0 Å². The lowest BCUT2D eigenvalue weighted by Crippen LogP contribution is -1.75. The van der Waals surface area contributed by atoms with E-state index in [2.05, 4.69) is 26.0 Å². The van der Waals surface area contributed by atoms with Crippen LogP contribution >= 0.6 is 12.6 Å². The van der Waals surface area contributed by atoms with Gasteiger partial charge in [0.2, 0.25) is 0 Å².